The quantitative estimate of drug-likeness (QED) is 0.824. The second-order valence-electron chi connectivity index (χ2n) is 4.46. The number of rotatable bonds is 1. The van der Waals surface area contributed by atoms with Crippen LogP contribution in [0.25, 0.3) is 11.0 Å². The van der Waals surface area contributed by atoms with Crippen molar-refractivity contribution in [1.82, 2.24) is 5.32 Å². The summed E-state index contributed by atoms with van der Waals surface area (Å²) < 4.78 is 32.5. The van der Waals surface area contributed by atoms with E-state index in [2.05, 4.69) is 5.32 Å². The van der Waals surface area contributed by atoms with Crippen LogP contribution < -0.4 is 5.32 Å². The Kier molecular flexibility index (Phi) is 2.59. The number of benzene rings is 1. The lowest BCUT2D eigenvalue weighted by Crippen LogP contribution is -2.29. The highest BCUT2D eigenvalue weighted by Crippen LogP contribution is 2.34. The Bertz CT molecular complexity index is 544. The van der Waals surface area contributed by atoms with E-state index in [-0.39, 0.29) is 11.5 Å². The molecule has 2 aromatic rings. The number of furan rings is 1. The van der Waals surface area contributed by atoms with E-state index in [1.54, 1.807) is 6.07 Å². The van der Waals surface area contributed by atoms with Gasteiger partial charge in [0.05, 0.1) is 6.26 Å². The van der Waals surface area contributed by atoms with E-state index in [0.29, 0.717) is 10.9 Å². The van der Waals surface area contributed by atoms with E-state index < -0.39 is 11.6 Å². The zero-order valence-electron chi connectivity index (χ0n) is 9.30. The zero-order valence-corrected chi connectivity index (χ0v) is 9.30. The van der Waals surface area contributed by atoms with Crippen LogP contribution in [0.3, 0.4) is 0 Å². The summed E-state index contributed by atoms with van der Waals surface area (Å²) in [7, 11) is 0. The van der Waals surface area contributed by atoms with Crippen molar-refractivity contribution in [2.45, 2.75) is 18.8 Å². The molecule has 90 valence electrons. The molecule has 0 bridgehead atoms. The molecule has 0 saturated carbocycles. The van der Waals surface area contributed by atoms with Crippen LogP contribution in [0.1, 0.15) is 24.3 Å². The molecule has 1 aliphatic rings. The summed E-state index contributed by atoms with van der Waals surface area (Å²) in [5.74, 6) is -0.996. The minimum Gasteiger partial charge on any atom is -0.461 e. The molecule has 1 N–H and O–H groups in total. The molecular formula is C13H13F2NO. The fourth-order valence-corrected chi connectivity index (χ4v) is 2.60. The molecule has 1 aromatic carbocycles. The standard InChI is InChI=1S/C13H13F2NO/c14-10-6-11(15)13-9(3-5-17-13)12(10)8-2-1-4-16-7-8/h3,5-6,8,16H,1-2,4,7H2. The second-order valence-corrected chi connectivity index (χ2v) is 4.46. The normalized spacial score (nSPS) is 20.9. The van der Waals surface area contributed by atoms with E-state index in [4.69, 9.17) is 4.42 Å². The summed E-state index contributed by atoms with van der Waals surface area (Å²) in [6, 6.07) is 2.57. The van der Waals surface area contributed by atoms with Crippen molar-refractivity contribution < 1.29 is 13.2 Å². The third-order valence-corrected chi connectivity index (χ3v) is 3.39. The Morgan fingerprint density at radius 2 is 2.18 bits per heavy atom. The molecule has 1 aromatic heterocycles. The summed E-state index contributed by atoms with van der Waals surface area (Å²) in [6.07, 6.45) is 3.35. The molecule has 2 heterocycles. The van der Waals surface area contributed by atoms with E-state index in [9.17, 15) is 8.78 Å². The highest BCUT2D eigenvalue weighted by Gasteiger charge is 2.23. The monoisotopic (exact) mass is 237 g/mol. The third-order valence-electron chi connectivity index (χ3n) is 3.39. The van der Waals surface area contributed by atoms with Crippen LogP contribution in [0.15, 0.2) is 22.8 Å². The lowest BCUT2D eigenvalue weighted by molar-refractivity contribution is 0.446. The molecular weight excluding hydrogens is 224 g/mol. The summed E-state index contributed by atoms with van der Waals surface area (Å²) >= 11 is 0. The van der Waals surface area contributed by atoms with E-state index in [1.807, 2.05) is 0 Å². The summed E-state index contributed by atoms with van der Waals surface area (Å²) in [6.45, 7) is 1.71. The molecule has 1 atom stereocenters. The predicted molar refractivity (Wildman–Crippen MR) is 61.0 cm³/mol. The van der Waals surface area contributed by atoms with Gasteiger partial charge in [-0.2, -0.15) is 0 Å². The Hall–Kier alpha value is -1.42. The molecule has 4 heteroatoms. The van der Waals surface area contributed by atoms with Crippen molar-refractivity contribution in [2.75, 3.05) is 13.1 Å². The van der Waals surface area contributed by atoms with Gasteiger partial charge in [0.15, 0.2) is 11.4 Å². The second kappa shape index (κ2) is 4.11. The molecule has 0 spiro atoms. The number of hydrogen-bond acceptors (Lipinski definition) is 2. The molecule has 17 heavy (non-hydrogen) atoms. The fraction of sp³-hybridized carbons (Fsp3) is 0.385. The van der Waals surface area contributed by atoms with Gasteiger partial charge in [0.1, 0.15) is 5.82 Å². The van der Waals surface area contributed by atoms with Crippen molar-refractivity contribution >= 4 is 11.0 Å². The summed E-state index contributed by atoms with van der Waals surface area (Å²) in [5, 5.41) is 3.81. The van der Waals surface area contributed by atoms with Gasteiger partial charge in [0.2, 0.25) is 0 Å². The van der Waals surface area contributed by atoms with Crippen LogP contribution in [0.2, 0.25) is 0 Å². The van der Waals surface area contributed by atoms with Gasteiger partial charge in [-0.15, -0.1) is 0 Å². The maximum atomic E-state index is 13.9. The molecule has 1 saturated heterocycles. The summed E-state index contributed by atoms with van der Waals surface area (Å²) in [4.78, 5) is 0. The van der Waals surface area contributed by atoms with E-state index in [0.717, 1.165) is 32.0 Å². The van der Waals surface area contributed by atoms with Crippen molar-refractivity contribution in [2.24, 2.45) is 0 Å². The van der Waals surface area contributed by atoms with Crippen molar-refractivity contribution in [3.05, 3.63) is 35.6 Å². The first-order chi connectivity index (χ1) is 8.27. The maximum Gasteiger partial charge on any atom is 0.169 e. The first kappa shape index (κ1) is 10.7. The van der Waals surface area contributed by atoms with E-state index in [1.165, 1.54) is 6.26 Å². The number of halogens is 2. The Morgan fingerprint density at radius 1 is 1.29 bits per heavy atom. The number of piperidine rings is 1. The van der Waals surface area contributed by atoms with Gasteiger partial charge in [-0.05, 0) is 25.5 Å². The maximum absolute atomic E-state index is 13.9. The van der Waals surface area contributed by atoms with Crippen molar-refractivity contribution in [3.8, 4) is 0 Å². The largest absolute Gasteiger partial charge is 0.461 e. The number of hydrogen-bond donors (Lipinski definition) is 1. The van der Waals surface area contributed by atoms with E-state index >= 15 is 0 Å². The average molecular weight is 237 g/mol. The van der Waals surface area contributed by atoms with Gasteiger partial charge in [-0.1, -0.05) is 0 Å². The van der Waals surface area contributed by atoms with Gasteiger partial charge in [-0.25, -0.2) is 8.78 Å². The molecule has 1 aliphatic heterocycles. The van der Waals surface area contributed by atoms with Crippen LogP contribution in [0.4, 0.5) is 8.78 Å². The SMILES string of the molecule is Fc1cc(F)c2occc2c1C1CCCNC1. The molecule has 0 amide bonds. The van der Waals surface area contributed by atoms with Gasteiger partial charge in [0.25, 0.3) is 0 Å². The van der Waals surface area contributed by atoms with Crippen molar-refractivity contribution in [1.29, 1.82) is 0 Å². The fourth-order valence-electron chi connectivity index (χ4n) is 2.60. The molecule has 0 radical (unpaired) electrons. The predicted octanol–water partition coefficient (Wildman–Crippen LogP) is 3.18. The minimum absolute atomic E-state index is 0.101. The van der Waals surface area contributed by atoms with Gasteiger partial charge < -0.3 is 9.73 Å². The minimum atomic E-state index is -0.630. The van der Waals surface area contributed by atoms with Crippen LogP contribution in [0.5, 0.6) is 0 Å². The molecule has 1 fully saturated rings. The van der Waals surface area contributed by atoms with Crippen molar-refractivity contribution in [3.63, 3.8) is 0 Å². The topological polar surface area (TPSA) is 25.2 Å². The molecule has 2 nitrogen and oxygen atoms in total. The lowest BCUT2D eigenvalue weighted by Gasteiger charge is -2.24. The highest BCUT2D eigenvalue weighted by atomic mass is 19.1. The van der Waals surface area contributed by atoms with Crippen LogP contribution in [-0.2, 0) is 0 Å². The molecule has 1 unspecified atom stereocenters. The Morgan fingerprint density at radius 3 is 2.94 bits per heavy atom. The van der Waals surface area contributed by atoms with Gasteiger partial charge in [-0.3, -0.25) is 0 Å². The van der Waals surface area contributed by atoms with Crippen LogP contribution in [0, 0.1) is 11.6 Å². The zero-order chi connectivity index (χ0) is 11.8. The summed E-state index contributed by atoms with van der Waals surface area (Å²) in [5.41, 5.74) is 0.745. The average Bonchev–Trinajstić information content (AvgIpc) is 2.79. The lowest BCUT2D eigenvalue weighted by atomic mass is 9.89. The van der Waals surface area contributed by atoms with Gasteiger partial charge in [0, 0.05) is 29.5 Å². The third kappa shape index (κ3) is 1.72. The Balaban J connectivity index is 2.16. The number of fused-ring (bicyclic) bond motifs is 1. The smallest absolute Gasteiger partial charge is 0.169 e. The molecule has 3 rings (SSSR count). The first-order valence-electron chi connectivity index (χ1n) is 5.83. The van der Waals surface area contributed by atoms with Gasteiger partial charge >= 0.3 is 0 Å². The van der Waals surface area contributed by atoms with Crippen LogP contribution >= 0.6 is 0 Å². The Labute approximate surface area is 97.6 Å². The highest BCUT2D eigenvalue weighted by molar-refractivity contribution is 5.82. The van der Waals surface area contributed by atoms with Crippen LogP contribution in [-0.4, -0.2) is 13.1 Å². The molecule has 0 aliphatic carbocycles. The number of nitrogens with one attached hydrogen (secondary N) is 1. The first-order valence-corrected chi connectivity index (χ1v) is 5.83.